The van der Waals surface area contributed by atoms with Gasteiger partial charge in [-0.1, -0.05) is 0 Å². The van der Waals surface area contributed by atoms with E-state index in [-0.39, 0.29) is 23.0 Å². The van der Waals surface area contributed by atoms with Gasteiger partial charge >= 0.3 is 6.09 Å². The Bertz CT molecular complexity index is 1690. The fourth-order valence-electron chi connectivity index (χ4n) is 5.64. The summed E-state index contributed by atoms with van der Waals surface area (Å²) in [6.07, 6.45) is 12.9. The van der Waals surface area contributed by atoms with E-state index in [9.17, 15) is 18.0 Å². The molecule has 0 saturated heterocycles. The monoisotopic (exact) mass is 650 g/mol. The van der Waals surface area contributed by atoms with Gasteiger partial charge in [-0.3, -0.25) is 4.79 Å². The van der Waals surface area contributed by atoms with Gasteiger partial charge in [-0.2, -0.15) is 9.19 Å². The van der Waals surface area contributed by atoms with Gasteiger partial charge < -0.3 is 20.7 Å². The molecule has 1 amide bonds. The van der Waals surface area contributed by atoms with Gasteiger partial charge in [0.2, 0.25) is 0 Å². The van der Waals surface area contributed by atoms with E-state index in [2.05, 4.69) is 36.0 Å². The lowest BCUT2D eigenvalue weighted by atomic mass is 9.82. The molecule has 3 aliphatic carbocycles. The second kappa shape index (κ2) is 13.0. The lowest BCUT2D eigenvalue weighted by molar-refractivity contribution is 0.0513. The molecule has 0 spiro atoms. The Morgan fingerprint density at radius 1 is 0.957 bits per heavy atom. The molecule has 0 radical (unpaired) electrons. The number of carbonyl (C=O) groups excluding carboxylic acids is 2. The van der Waals surface area contributed by atoms with Crippen LogP contribution >= 0.6 is 0 Å². The highest BCUT2D eigenvalue weighted by atomic mass is 32.2. The maximum absolute atomic E-state index is 13.1. The van der Waals surface area contributed by atoms with Crippen molar-refractivity contribution in [1.82, 2.24) is 29.5 Å². The fourth-order valence-corrected chi connectivity index (χ4v) is 7.12. The van der Waals surface area contributed by atoms with Gasteiger partial charge in [0.25, 0.3) is 10.0 Å². The van der Waals surface area contributed by atoms with Crippen molar-refractivity contribution in [3.05, 3.63) is 42.5 Å². The number of rotatable bonds is 12. The third-order valence-electron chi connectivity index (χ3n) is 8.54. The summed E-state index contributed by atoms with van der Waals surface area (Å²) in [5.74, 6) is 2.36. The Labute approximate surface area is 269 Å². The van der Waals surface area contributed by atoms with Crippen LogP contribution < -0.4 is 16.0 Å². The number of alkyl carbamates (subject to hydrolysis) is 1. The zero-order valence-corrected chi connectivity index (χ0v) is 27.3. The number of carbonyl (C=O) groups is 2. The zero-order valence-electron chi connectivity index (χ0n) is 26.5. The molecule has 3 aliphatic rings. The van der Waals surface area contributed by atoms with Crippen LogP contribution in [0.5, 0.6) is 0 Å². The standard InChI is InChI=1S/C32H42N8O5S/c1-32(2,3)45-31(42)36-16-21-6-4-20(5-7-21)15-34-26-14-28(35-18-25(26)29(41)22-8-9-22)38-27-12-13-33-30(39-27)23-17-37-40(19-23)46(43,44)24-10-11-24/h12-14,17-22,24H,4-11,15-16H2,1-3H3,(H,36,42)(H2,33,34,35,38,39). The van der Waals surface area contributed by atoms with Crippen molar-refractivity contribution < 1.29 is 22.7 Å². The van der Waals surface area contributed by atoms with Crippen molar-refractivity contribution in [2.75, 3.05) is 23.7 Å². The van der Waals surface area contributed by atoms with Crippen LogP contribution in [0, 0.1) is 17.8 Å². The molecule has 0 atom stereocenters. The Hall–Kier alpha value is -4.07. The Kier molecular flexibility index (Phi) is 8.99. The molecular weight excluding hydrogens is 608 g/mol. The minimum atomic E-state index is -3.49. The highest BCUT2D eigenvalue weighted by Crippen LogP contribution is 2.36. The van der Waals surface area contributed by atoms with E-state index < -0.39 is 15.6 Å². The molecule has 0 unspecified atom stereocenters. The molecule has 0 aliphatic heterocycles. The summed E-state index contributed by atoms with van der Waals surface area (Å²) >= 11 is 0. The van der Waals surface area contributed by atoms with Crippen molar-refractivity contribution in [1.29, 1.82) is 0 Å². The Morgan fingerprint density at radius 2 is 1.67 bits per heavy atom. The minimum absolute atomic E-state index is 0.0585. The maximum Gasteiger partial charge on any atom is 0.407 e. The first-order valence-corrected chi connectivity index (χ1v) is 17.6. The summed E-state index contributed by atoms with van der Waals surface area (Å²) in [6, 6.07) is 3.54. The third-order valence-corrected chi connectivity index (χ3v) is 10.6. The Morgan fingerprint density at radius 3 is 2.35 bits per heavy atom. The van der Waals surface area contributed by atoms with E-state index in [0.717, 1.165) is 54.8 Å². The highest BCUT2D eigenvalue weighted by molar-refractivity contribution is 7.90. The zero-order chi connectivity index (χ0) is 32.5. The minimum Gasteiger partial charge on any atom is -0.444 e. The summed E-state index contributed by atoms with van der Waals surface area (Å²) in [4.78, 5) is 38.5. The van der Waals surface area contributed by atoms with Crippen LogP contribution in [0.25, 0.3) is 11.4 Å². The molecule has 0 bridgehead atoms. The number of amides is 1. The van der Waals surface area contributed by atoms with E-state index in [0.29, 0.717) is 59.8 Å². The third kappa shape index (κ3) is 8.01. The molecule has 3 aromatic heterocycles. The van der Waals surface area contributed by atoms with Gasteiger partial charge in [-0.05, 0) is 90.0 Å². The molecule has 3 saturated carbocycles. The number of nitrogens with zero attached hydrogens (tertiary/aromatic N) is 5. The predicted octanol–water partition coefficient (Wildman–Crippen LogP) is 5.15. The molecule has 3 fully saturated rings. The number of Topliss-reactive ketones (excluding diaryl/α,β-unsaturated/α-hetero) is 1. The number of ketones is 1. The number of ether oxygens (including phenoxy) is 1. The average Bonchev–Trinajstić information content (AvgIpc) is 3.96. The summed E-state index contributed by atoms with van der Waals surface area (Å²) in [5, 5.41) is 13.3. The normalized spacial score (nSPS) is 20.2. The number of hydrogen-bond acceptors (Lipinski definition) is 11. The fraction of sp³-hybridized carbons (Fsp3) is 0.562. The lowest BCUT2D eigenvalue weighted by Gasteiger charge is -2.29. The summed E-state index contributed by atoms with van der Waals surface area (Å²) in [6.45, 7) is 6.90. The molecule has 13 nitrogen and oxygen atoms in total. The van der Waals surface area contributed by atoms with E-state index in [4.69, 9.17) is 4.74 Å². The van der Waals surface area contributed by atoms with E-state index in [1.807, 2.05) is 26.8 Å². The number of aromatic nitrogens is 5. The highest BCUT2D eigenvalue weighted by Gasteiger charge is 2.38. The van der Waals surface area contributed by atoms with Crippen LogP contribution in [-0.4, -0.2) is 68.4 Å². The second-order valence-corrected chi connectivity index (χ2v) is 15.7. The second-order valence-electron chi connectivity index (χ2n) is 13.6. The summed E-state index contributed by atoms with van der Waals surface area (Å²) < 4.78 is 31.5. The van der Waals surface area contributed by atoms with Crippen LogP contribution in [-0.2, 0) is 14.8 Å². The number of hydrogen-bond donors (Lipinski definition) is 3. The van der Waals surface area contributed by atoms with Gasteiger partial charge in [-0.25, -0.2) is 28.2 Å². The topological polar surface area (TPSA) is 170 Å². The summed E-state index contributed by atoms with van der Waals surface area (Å²) in [7, 11) is -3.49. The van der Waals surface area contributed by atoms with Crippen LogP contribution in [0.4, 0.5) is 22.1 Å². The Balaban J connectivity index is 1.08. The van der Waals surface area contributed by atoms with Gasteiger partial charge in [0.1, 0.15) is 17.2 Å². The first-order valence-electron chi connectivity index (χ1n) is 16.1. The van der Waals surface area contributed by atoms with Crippen molar-refractivity contribution in [3.63, 3.8) is 0 Å². The molecule has 46 heavy (non-hydrogen) atoms. The van der Waals surface area contributed by atoms with Crippen molar-refractivity contribution in [2.24, 2.45) is 17.8 Å². The predicted molar refractivity (Wildman–Crippen MR) is 173 cm³/mol. The molecule has 246 valence electrons. The molecule has 14 heteroatoms. The average molecular weight is 651 g/mol. The smallest absolute Gasteiger partial charge is 0.407 e. The number of anilines is 3. The van der Waals surface area contributed by atoms with E-state index in [1.165, 1.54) is 12.4 Å². The lowest BCUT2D eigenvalue weighted by Crippen LogP contribution is -2.36. The van der Waals surface area contributed by atoms with Crippen molar-refractivity contribution in [2.45, 2.75) is 83.0 Å². The number of pyridine rings is 1. The van der Waals surface area contributed by atoms with Crippen LogP contribution in [0.1, 0.15) is 82.5 Å². The van der Waals surface area contributed by atoms with Crippen LogP contribution in [0.2, 0.25) is 0 Å². The molecule has 6 rings (SSSR count). The van der Waals surface area contributed by atoms with Gasteiger partial charge in [0.05, 0.1) is 34.5 Å². The largest absolute Gasteiger partial charge is 0.444 e. The van der Waals surface area contributed by atoms with Gasteiger partial charge in [-0.15, -0.1) is 0 Å². The molecule has 3 N–H and O–H groups in total. The molecule has 3 heterocycles. The first-order chi connectivity index (χ1) is 21.9. The van der Waals surface area contributed by atoms with Gasteiger partial charge in [0.15, 0.2) is 11.6 Å². The quantitative estimate of drug-likeness (QED) is 0.221. The summed E-state index contributed by atoms with van der Waals surface area (Å²) in [5.41, 5.74) is 1.31. The van der Waals surface area contributed by atoms with Crippen LogP contribution in [0.15, 0.2) is 36.9 Å². The van der Waals surface area contributed by atoms with Crippen molar-refractivity contribution >= 4 is 39.2 Å². The van der Waals surface area contributed by atoms with E-state index >= 15 is 0 Å². The molecular formula is C32H42N8O5S. The van der Waals surface area contributed by atoms with Gasteiger partial charge in [0, 0.05) is 37.5 Å². The maximum atomic E-state index is 13.1. The van der Waals surface area contributed by atoms with Crippen molar-refractivity contribution in [3.8, 4) is 11.4 Å². The van der Waals surface area contributed by atoms with Crippen LogP contribution in [0.3, 0.4) is 0 Å². The molecule has 0 aromatic carbocycles. The molecule has 3 aromatic rings. The van der Waals surface area contributed by atoms with E-state index in [1.54, 1.807) is 18.5 Å². The SMILES string of the molecule is CC(C)(C)OC(=O)NCC1CCC(CNc2cc(Nc3ccnc(-c4cnn(S(=O)(=O)C5CC5)c4)n3)ncc2C(=O)C2CC2)CC1. The first kappa shape index (κ1) is 31.9. The number of nitrogens with one attached hydrogen (secondary N) is 3.